The summed E-state index contributed by atoms with van der Waals surface area (Å²) in [6.07, 6.45) is -1.06. The first-order valence-corrected chi connectivity index (χ1v) is 6.60. The van der Waals surface area contributed by atoms with E-state index < -0.39 is 17.7 Å². The molecule has 3 rings (SSSR count). The highest BCUT2D eigenvalue weighted by molar-refractivity contribution is 5.52. The van der Waals surface area contributed by atoms with E-state index in [1.54, 1.807) is 0 Å². The Balaban J connectivity index is 1.76. The molecule has 0 saturated heterocycles. The van der Waals surface area contributed by atoms with Crippen molar-refractivity contribution in [1.82, 2.24) is 20.2 Å². The lowest BCUT2D eigenvalue weighted by Gasteiger charge is -2.09. The van der Waals surface area contributed by atoms with Crippen molar-refractivity contribution in [2.45, 2.75) is 12.6 Å². The van der Waals surface area contributed by atoms with Gasteiger partial charge in [-0.05, 0) is 22.9 Å². The quantitative estimate of drug-likeness (QED) is 0.803. The number of halogens is 2. The fourth-order valence-electron chi connectivity index (χ4n) is 2.00. The van der Waals surface area contributed by atoms with Crippen molar-refractivity contribution in [3.05, 3.63) is 65.7 Å². The predicted octanol–water partition coefficient (Wildman–Crippen LogP) is 2.35. The van der Waals surface area contributed by atoms with Gasteiger partial charge in [-0.25, -0.2) is 8.78 Å². The predicted molar refractivity (Wildman–Crippen MR) is 74.6 cm³/mol. The fourth-order valence-corrected chi connectivity index (χ4v) is 2.00. The summed E-state index contributed by atoms with van der Waals surface area (Å²) < 4.78 is 26.1. The van der Waals surface area contributed by atoms with Crippen LogP contribution in [0.4, 0.5) is 8.78 Å². The van der Waals surface area contributed by atoms with Gasteiger partial charge in [0.2, 0.25) is 5.82 Å². The first-order chi connectivity index (χ1) is 10.6. The molecule has 7 heteroatoms. The van der Waals surface area contributed by atoms with Crippen molar-refractivity contribution in [2.75, 3.05) is 0 Å². The van der Waals surface area contributed by atoms with Crippen molar-refractivity contribution in [3.8, 4) is 11.4 Å². The monoisotopic (exact) mass is 302 g/mol. The van der Waals surface area contributed by atoms with Gasteiger partial charge in [0, 0.05) is 5.56 Å². The maximum Gasteiger partial charge on any atom is 0.204 e. The highest BCUT2D eigenvalue weighted by Gasteiger charge is 2.14. The summed E-state index contributed by atoms with van der Waals surface area (Å²) in [5.74, 6) is -1.53. The van der Waals surface area contributed by atoms with Crippen LogP contribution in [0.25, 0.3) is 11.4 Å². The number of benzene rings is 2. The van der Waals surface area contributed by atoms with Gasteiger partial charge in [0.25, 0.3) is 0 Å². The number of hydrogen-bond acceptors (Lipinski definition) is 4. The van der Waals surface area contributed by atoms with Crippen molar-refractivity contribution < 1.29 is 13.9 Å². The van der Waals surface area contributed by atoms with Crippen LogP contribution >= 0.6 is 0 Å². The smallest absolute Gasteiger partial charge is 0.204 e. The highest BCUT2D eigenvalue weighted by atomic mass is 19.2. The molecule has 2 aromatic carbocycles. The Morgan fingerprint density at radius 2 is 1.82 bits per heavy atom. The molecule has 1 aromatic heterocycles. The minimum atomic E-state index is -1.06. The topological polar surface area (TPSA) is 63.8 Å². The number of hydrogen-bond donors (Lipinski definition) is 1. The molecular weight excluding hydrogens is 290 g/mol. The molecule has 1 atom stereocenters. The van der Waals surface area contributed by atoms with Crippen molar-refractivity contribution in [2.24, 2.45) is 0 Å². The van der Waals surface area contributed by atoms with Crippen LogP contribution in [0, 0.1) is 11.6 Å². The Hall–Kier alpha value is -2.67. The third-order valence-corrected chi connectivity index (χ3v) is 3.15. The van der Waals surface area contributed by atoms with Crippen LogP contribution < -0.4 is 0 Å². The van der Waals surface area contributed by atoms with Crippen LogP contribution in [-0.2, 0) is 6.54 Å². The van der Waals surface area contributed by atoms with E-state index >= 15 is 0 Å². The maximum atomic E-state index is 13.2. The van der Waals surface area contributed by atoms with Gasteiger partial charge in [0.05, 0.1) is 6.54 Å². The van der Waals surface area contributed by atoms with Gasteiger partial charge >= 0.3 is 0 Å². The Morgan fingerprint density at radius 3 is 2.55 bits per heavy atom. The molecule has 0 fully saturated rings. The van der Waals surface area contributed by atoms with E-state index in [0.717, 1.165) is 17.7 Å². The molecule has 22 heavy (non-hydrogen) atoms. The Bertz CT molecular complexity index is 776. The van der Waals surface area contributed by atoms with E-state index in [9.17, 15) is 13.9 Å². The van der Waals surface area contributed by atoms with Gasteiger partial charge in [-0.3, -0.25) is 0 Å². The molecule has 1 unspecified atom stereocenters. The average Bonchev–Trinajstić information content (AvgIpc) is 2.99. The summed E-state index contributed by atoms with van der Waals surface area (Å²) in [5.41, 5.74) is 1.05. The Labute approximate surface area is 124 Å². The second-order valence-electron chi connectivity index (χ2n) is 4.72. The van der Waals surface area contributed by atoms with Gasteiger partial charge in [0.1, 0.15) is 6.10 Å². The maximum absolute atomic E-state index is 13.2. The molecule has 0 saturated carbocycles. The number of aliphatic hydroxyl groups excluding tert-OH is 1. The number of tetrazole rings is 1. The molecular formula is C15H12F2N4O. The normalized spacial score (nSPS) is 12.3. The molecule has 112 valence electrons. The van der Waals surface area contributed by atoms with Crippen LogP contribution in [0.2, 0.25) is 0 Å². The van der Waals surface area contributed by atoms with E-state index in [-0.39, 0.29) is 12.1 Å². The van der Waals surface area contributed by atoms with Crippen molar-refractivity contribution in [1.29, 1.82) is 0 Å². The van der Waals surface area contributed by atoms with Crippen LogP contribution in [0.15, 0.2) is 48.5 Å². The third kappa shape index (κ3) is 2.99. The van der Waals surface area contributed by atoms with Gasteiger partial charge in [-0.2, -0.15) is 4.80 Å². The second-order valence-corrected chi connectivity index (χ2v) is 4.72. The number of nitrogens with zero attached hydrogens (tertiary/aromatic N) is 4. The minimum Gasteiger partial charge on any atom is -0.386 e. The van der Waals surface area contributed by atoms with E-state index in [1.165, 1.54) is 10.9 Å². The zero-order valence-corrected chi connectivity index (χ0v) is 11.4. The molecule has 1 heterocycles. The lowest BCUT2D eigenvalue weighted by Crippen LogP contribution is -2.12. The first kappa shape index (κ1) is 14.3. The summed E-state index contributed by atoms with van der Waals surface area (Å²) >= 11 is 0. The molecule has 0 bridgehead atoms. The van der Waals surface area contributed by atoms with Crippen LogP contribution in [-0.4, -0.2) is 25.3 Å². The SMILES string of the molecule is OC(Cn1nnc(-c2ccccc2)n1)c1ccc(F)c(F)c1. The Morgan fingerprint density at radius 1 is 1.05 bits per heavy atom. The lowest BCUT2D eigenvalue weighted by atomic mass is 10.1. The molecule has 5 nitrogen and oxygen atoms in total. The zero-order valence-electron chi connectivity index (χ0n) is 11.4. The molecule has 0 radical (unpaired) electrons. The summed E-state index contributed by atoms with van der Waals surface area (Å²) in [5, 5.41) is 22.0. The molecule has 0 aliphatic heterocycles. The van der Waals surface area contributed by atoms with E-state index in [2.05, 4.69) is 15.4 Å². The molecule has 0 aliphatic rings. The summed E-state index contributed by atoms with van der Waals surface area (Å²) in [4.78, 5) is 1.22. The standard InChI is InChI=1S/C15H12F2N4O/c16-12-7-6-11(8-13(12)17)14(22)9-21-19-15(18-20-21)10-4-2-1-3-5-10/h1-8,14,22H,9H2. The van der Waals surface area contributed by atoms with Crippen molar-refractivity contribution >= 4 is 0 Å². The minimum absolute atomic E-state index is 0.00902. The summed E-state index contributed by atoms with van der Waals surface area (Å²) in [6, 6.07) is 12.5. The van der Waals surface area contributed by atoms with E-state index in [4.69, 9.17) is 0 Å². The van der Waals surface area contributed by atoms with Gasteiger partial charge < -0.3 is 5.11 Å². The zero-order chi connectivity index (χ0) is 15.5. The molecule has 1 N–H and O–H groups in total. The van der Waals surface area contributed by atoms with Crippen LogP contribution in [0.3, 0.4) is 0 Å². The molecule has 0 aliphatic carbocycles. The second kappa shape index (κ2) is 5.98. The van der Waals surface area contributed by atoms with E-state index in [1.807, 2.05) is 30.3 Å². The van der Waals surface area contributed by atoms with Gasteiger partial charge in [-0.15, -0.1) is 10.2 Å². The van der Waals surface area contributed by atoms with Gasteiger partial charge in [0.15, 0.2) is 11.6 Å². The lowest BCUT2D eigenvalue weighted by molar-refractivity contribution is 0.144. The summed E-state index contributed by atoms with van der Waals surface area (Å²) in [6.45, 7) is -0.00902. The largest absolute Gasteiger partial charge is 0.386 e. The first-order valence-electron chi connectivity index (χ1n) is 6.60. The Kier molecular flexibility index (Phi) is 3.88. The average molecular weight is 302 g/mol. The molecule has 0 amide bonds. The highest BCUT2D eigenvalue weighted by Crippen LogP contribution is 2.18. The van der Waals surface area contributed by atoms with Gasteiger partial charge in [-0.1, -0.05) is 36.4 Å². The fraction of sp³-hybridized carbons (Fsp3) is 0.133. The number of aliphatic hydroxyl groups is 1. The van der Waals surface area contributed by atoms with Crippen LogP contribution in [0.1, 0.15) is 11.7 Å². The molecule has 3 aromatic rings. The summed E-state index contributed by atoms with van der Waals surface area (Å²) in [7, 11) is 0. The molecule has 0 spiro atoms. The number of rotatable bonds is 4. The van der Waals surface area contributed by atoms with Crippen LogP contribution in [0.5, 0.6) is 0 Å². The van der Waals surface area contributed by atoms with E-state index in [0.29, 0.717) is 5.82 Å². The third-order valence-electron chi connectivity index (χ3n) is 3.15. The van der Waals surface area contributed by atoms with Crippen molar-refractivity contribution in [3.63, 3.8) is 0 Å². The number of aromatic nitrogens is 4.